The fraction of sp³-hybridized carbons (Fsp3) is 0.538. The maximum atomic E-state index is 5.94. The molecule has 0 N–H and O–H groups in total. The van der Waals surface area contributed by atoms with Crippen LogP contribution in [0.3, 0.4) is 0 Å². The van der Waals surface area contributed by atoms with Crippen LogP contribution in [0.15, 0.2) is 53.4 Å². The molecular weight excluding hydrogens is 406 g/mol. The lowest BCUT2D eigenvalue weighted by molar-refractivity contribution is 0.115. The molecular formula is C26H38N2O2S. The first-order valence-electron chi connectivity index (χ1n) is 11.6. The minimum Gasteiger partial charge on any atom is -0.497 e. The molecule has 0 bridgehead atoms. The van der Waals surface area contributed by atoms with Crippen LogP contribution in [-0.2, 0) is 10.5 Å². The number of ether oxygens (including phenoxy) is 2. The second-order valence-corrected chi connectivity index (χ2v) is 9.63. The van der Waals surface area contributed by atoms with Gasteiger partial charge >= 0.3 is 0 Å². The molecule has 1 heterocycles. The van der Waals surface area contributed by atoms with Gasteiger partial charge in [0, 0.05) is 36.9 Å². The molecule has 1 saturated heterocycles. The van der Waals surface area contributed by atoms with Crippen molar-refractivity contribution < 1.29 is 9.47 Å². The molecule has 0 amide bonds. The van der Waals surface area contributed by atoms with Crippen molar-refractivity contribution in [3.8, 4) is 5.75 Å². The van der Waals surface area contributed by atoms with E-state index in [2.05, 4.69) is 60.0 Å². The highest BCUT2D eigenvalue weighted by Crippen LogP contribution is 2.32. The summed E-state index contributed by atoms with van der Waals surface area (Å²) in [6, 6.07) is 17.2. The Hall–Kier alpha value is -1.69. The predicted molar refractivity (Wildman–Crippen MR) is 133 cm³/mol. The van der Waals surface area contributed by atoms with Gasteiger partial charge < -0.3 is 19.3 Å². The van der Waals surface area contributed by atoms with Gasteiger partial charge in [-0.05, 0) is 61.7 Å². The minimum absolute atomic E-state index is 0.574. The molecule has 0 unspecified atom stereocenters. The van der Waals surface area contributed by atoms with E-state index in [-0.39, 0.29) is 0 Å². The van der Waals surface area contributed by atoms with E-state index in [1.165, 1.54) is 42.1 Å². The molecule has 1 aliphatic heterocycles. The molecule has 0 radical (unpaired) electrons. The van der Waals surface area contributed by atoms with Crippen molar-refractivity contribution in [1.29, 1.82) is 0 Å². The molecule has 2 aromatic carbocycles. The first kappa shape index (κ1) is 24.0. The van der Waals surface area contributed by atoms with E-state index in [9.17, 15) is 0 Å². The van der Waals surface area contributed by atoms with Crippen molar-refractivity contribution in [3.05, 3.63) is 54.1 Å². The van der Waals surface area contributed by atoms with Crippen LogP contribution < -0.4 is 9.64 Å². The molecule has 2 aromatic rings. The van der Waals surface area contributed by atoms with Gasteiger partial charge in [-0.1, -0.05) is 38.1 Å². The summed E-state index contributed by atoms with van der Waals surface area (Å²) in [7, 11) is 1.71. The van der Waals surface area contributed by atoms with E-state index in [4.69, 9.17) is 9.47 Å². The summed E-state index contributed by atoms with van der Waals surface area (Å²) in [5.41, 5.74) is 2.64. The second-order valence-electron chi connectivity index (χ2n) is 8.61. The third kappa shape index (κ3) is 8.06. The van der Waals surface area contributed by atoms with Crippen LogP contribution in [0, 0.1) is 5.92 Å². The maximum absolute atomic E-state index is 5.94. The topological polar surface area (TPSA) is 24.9 Å². The number of anilines is 1. The molecule has 0 atom stereocenters. The molecule has 170 valence electrons. The second kappa shape index (κ2) is 13.0. The summed E-state index contributed by atoms with van der Waals surface area (Å²) in [6.45, 7) is 11.6. The van der Waals surface area contributed by atoms with E-state index < -0.39 is 0 Å². The van der Waals surface area contributed by atoms with Gasteiger partial charge in [0.2, 0.25) is 0 Å². The average Bonchev–Trinajstić information content (AvgIpc) is 3.31. The van der Waals surface area contributed by atoms with Crippen LogP contribution in [0.1, 0.15) is 32.3 Å². The van der Waals surface area contributed by atoms with Crippen molar-refractivity contribution >= 4 is 17.4 Å². The van der Waals surface area contributed by atoms with Crippen LogP contribution >= 0.6 is 11.8 Å². The van der Waals surface area contributed by atoms with Gasteiger partial charge in [0.1, 0.15) is 5.75 Å². The molecule has 4 nitrogen and oxygen atoms in total. The lowest BCUT2D eigenvalue weighted by Gasteiger charge is -2.29. The monoisotopic (exact) mass is 444 g/mol. The summed E-state index contributed by atoms with van der Waals surface area (Å²) in [5, 5.41) is 0. The number of methoxy groups -OCH3 is 1. The lowest BCUT2D eigenvalue weighted by atomic mass is 10.2. The SMILES string of the molecule is COc1ccc([14CH2]Sc2ccccc2N(CCOCC(C)C)CCN2CCCC2)cc1. The van der Waals surface area contributed by atoms with Crippen LogP contribution in [0.25, 0.3) is 0 Å². The van der Waals surface area contributed by atoms with Crippen LogP contribution in [0.2, 0.25) is 0 Å². The standard InChI is InChI=1S/C26H38N2O2S/c1-22(2)20-30-19-18-28(17-16-27-14-6-7-15-27)25-8-4-5-9-26(25)31-21-23-10-12-24(29-3)13-11-23/h4-5,8-13,22H,6-7,14-21H2,1-3H3/i21+2. The Morgan fingerprint density at radius 3 is 2.48 bits per heavy atom. The van der Waals surface area contributed by atoms with Crippen molar-refractivity contribution in [2.24, 2.45) is 5.92 Å². The van der Waals surface area contributed by atoms with Gasteiger partial charge in [-0.15, -0.1) is 11.8 Å². The Balaban J connectivity index is 1.65. The number of nitrogens with zero attached hydrogens (tertiary/aromatic N) is 2. The highest BCUT2D eigenvalue weighted by atomic mass is 32.2. The average molecular weight is 445 g/mol. The molecule has 0 saturated carbocycles. The van der Waals surface area contributed by atoms with Gasteiger partial charge in [-0.25, -0.2) is 0 Å². The Bertz CT molecular complexity index is 760. The van der Waals surface area contributed by atoms with Crippen LogP contribution in [0.5, 0.6) is 5.75 Å². The van der Waals surface area contributed by atoms with E-state index in [0.717, 1.165) is 44.4 Å². The van der Waals surface area contributed by atoms with Gasteiger partial charge in [0.25, 0.3) is 0 Å². The summed E-state index contributed by atoms with van der Waals surface area (Å²) in [5.74, 6) is 2.43. The van der Waals surface area contributed by atoms with Crippen molar-refractivity contribution in [2.45, 2.75) is 37.3 Å². The number of benzene rings is 2. The van der Waals surface area contributed by atoms with Crippen molar-refractivity contribution in [2.75, 3.05) is 57.9 Å². The normalized spacial score (nSPS) is 14.3. The van der Waals surface area contributed by atoms with Gasteiger partial charge in [-0.3, -0.25) is 0 Å². The molecule has 31 heavy (non-hydrogen) atoms. The zero-order valence-corrected chi connectivity index (χ0v) is 20.2. The van der Waals surface area contributed by atoms with E-state index in [1.54, 1.807) is 7.11 Å². The molecule has 0 aliphatic carbocycles. The maximum Gasteiger partial charge on any atom is 0.118 e. The highest BCUT2D eigenvalue weighted by molar-refractivity contribution is 7.98. The number of hydrogen-bond donors (Lipinski definition) is 0. The summed E-state index contributed by atoms with van der Waals surface area (Å²) >= 11 is 1.91. The van der Waals surface area contributed by atoms with Crippen LogP contribution in [0.4, 0.5) is 5.69 Å². The minimum atomic E-state index is 0.574. The molecule has 3 rings (SSSR count). The number of thioether (sulfide) groups is 1. The third-order valence-corrected chi connectivity index (χ3v) is 6.73. The molecule has 0 aromatic heterocycles. The largest absolute Gasteiger partial charge is 0.497 e. The number of para-hydroxylation sites is 1. The van der Waals surface area contributed by atoms with E-state index >= 15 is 0 Å². The van der Waals surface area contributed by atoms with Gasteiger partial charge in [0.15, 0.2) is 0 Å². The molecule has 0 spiro atoms. The molecule has 1 aliphatic rings. The summed E-state index contributed by atoms with van der Waals surface area (Å²) in [6.07, 6.45) is 2.68. The van der Waals surface area contributed by atoms with Crippen molar-refractivity contribution in [3.63, 3.8) is 0 Å². The third-order valence-electron chi connectivity index (χ3n) is 5.60. The van der Waals surface area contributed by atoms with Crippen molar-refractivity contribution in [1.82, 2.24) is 4.90 Å². The fourth-order valence-electron chi connectivity index (χ4n) is 3.84. The number of likely N-dealkylation sites (tertiary alicyclic amines) is 1. The Morgan fingerprint density at radius 1 is 1.03 bits per heavy atom. The number of hydrogen-bond acceptors (Lipinski definition) is 5. The van der Waals surface area contributed by atoms with Gasteiger partial charge in [0.05, 0.1) is 19.4 Å². The Kier molecular flexibility index (Phi) is 10.0. The smallest absolute Gasteiger partial charge is 0.118 e. The van der Waals surface area contributed by atoms with E-state index in [0.29, 0.717) is 5.92 Å². The first-order valence-corrected chi connectivity index (χ1v) is 12.5. The zero-order valence-electron chi connectivity index (χ0n) is 19.4. The lowest BCUT2D eigenvalue weighted by Crippen LogP contribution is -2.36. The fourth-order valence-corrected chi connectivity index (χ4v) is 4.87. The Labute approximate surface area is 192 Å². The summed E-state index contributed by atoms with van der Waals surface area (Å²) < 4.78 is 11.2. The Morgan fingerprint density at radius 2 is 1.77 bits per heavy atom. The molecule has 1 fully saturated rings. The number of rotatable bonds is 13. The van der Waals surface area contributed by atoms with Crippen LogP contribution in [-0.4, -0.2) is 57.9 Å². The zero-order chi connectivity index (χ0) is 21.9. The quantitative estimate of drug-likeness (QED) is 0.297. The first-order chi connectivity index (χ1) is 15.2. The van der Waals surface area contributed by atoms with E-state index in [1.807, 2.05) is 23.9 Å². The highest BCUT2D eigenvalue weighted by Gasteiger charge is 2.16. The summed E-state index contributed by atoms with van der Waals surface area (Å²) in [4.78, 5) is 6.45. The predicted octanol–water partition coefficient (Wildman–Crippen LogP) is 5.56. The molecule has 5 heteroatoms. The van der Waals surface area contributed by atoms with Gasteiger partial charge in [-0.2, -0.15) is 0 Å².